The first-order valence-corrected chi connectivity index (χ1v) is 8.23. The second kappa shape index (κ2) is 9.33. The fourth-order valence-electron chi connectivity index (χ4n) is 2.19. The van der Waals surface area contributed by atoms with Crippen molar-refractivity contribution in [1.82, 2.24) is 9.78 Å². The number of hydrogen-bond donors (Lipinski definition) is 0. The number of rotatable bonds is 7. The maximum Gasteiger partial charge on any atom is 0.364 e. The van der Waals surface area contributed by atoms with E-state index in [0.717, 1.165) is 0 Å². The summed E-state index contributed by atoms with van der Waals surface area (Å²) in [6.45, 7) is 2.31. The highest BCUT2D eigenvalue weighted by Crippen LogP contribution is 2.29. The van der Waals surface area contributed by atoms with Crippen LogP contribution < -0.4 is 15.0 Å². The van der Waals surface area contributed by atoms with Crippen LogP contribution in [0.15, 0.2) is 41.2 Å². The third kappa shape index (κ3) is 5.27. The van der Waals surface area contributed by atoms with Crippen molar-refractivity contribution in [3.05, 3.63) is 58.0 Å². The molecule has 27 heavy (non-hydrogen) atoms. The molecule has 2 aromatic rings. The van der Waals surface area contributed by atoms with Crippen LogP contribution in [0, 0.1) is 0 Å². The van der Waals surface area contributed by atoms with Gasteiger partial charge in [0.25, 0.3) is 5.56 Å². The number of aromatic nitrogens is 2. The summed E-state index contributed by atoms with van der Waals surface area (Å²) in [4.78, 5) is 35.2. The highest BCUT2D eigenvalue weighted by Gasteiger charge is 2.15. The first-order chi connectivity index (χ1) is 13.0. The Bertz CT molecular complexity index is 917. The lowest BCUT2D eigenvalue weighted by Gasteiger charge is -2.10. The number of carbonyl (C=O) groups excluding carboxylic acids is 2. The summed E-state index contributed by atoms with van der Waals surface area (Å²) in [6.07, 6.45) is 3.52. The smallest absolute Gasteiger partial charge is 0.364 e. The Morgan fingerprint density at radius 1 is 1.15 bits per heavy atom. The lowest BCUT2D eigenvalue weighted by Crippen LogP contribution is -2.25. The Morgan fingerprint density at radius 3 is 2.59 bits per heavy atom. The topological polar surface area (TPSA) is 96.7 Å². The van der Waals surface area contributed by atoms with E-state index in [4.69, 9.17) is 9.47 Å². The molecule has 1 aromatic heterocycles. The molecule has 0 saturated carbocycles. The van der Waals surface area contributed by atoms with Crippen LogP contribution in [0.3, 0.4) is 0 Å². The van der Waals surface area contributed by atoms with E-state index in [9.17, 15) is 14.4 Å². The zero-order chi connectivity index (χ0) is 19.8. The first-order valence-electron chi connectivity index (χ1n) is 8.23. The van der Waals surface area contributed by atoms with Crippen LogP contribution in [-0.2, 0) is 16.1 Å². The molecule has 0 saturated heterocycles. The Hall–Kier alpha value is -3.42. The highest BCUT2D eigenvalue weighted by atomic mass is 16.6. The molecule has 1 heterocycles. The molecule has 0 N–H and O–H groups in total. The van der Waals surface area contributed by atoms with Crippen molar-refractivity contribution in [2.75, 3.05) is 14.2 Å². The van der Waals surface area contributed by atoms with Gasteiger partial charge in [0.05, 0.1) is 14.2 Å². The van der Waals surface area contributed by atoms with Crippen molar-refractivity contribution >= 4 is 18.0 Å². The average Bonchev–Trinajstić information content (AvgIpc) is 2.68. The number of methoxy groups -OCH3 is 2. The lowest BCUT2D eigenvalue weighted by molar-refractivity contribution is -0.134. The monoisotopic (exact) mass is 372 g/mol. The van der Waals surface area contributed by atoms with Crippen molar-refractivity contribution in [3.8, 4) is 11.5 Å². The molecule has 0 atom stereocenters. The molecule has 1 aromatic carbocycles. The standard InChI is InChI=1S/C19H20N2O6/c1-4-11-21-17(22)9-7-14(20-21)19(24)27-15-8-5-13(12-16(15)25-2)6-10-18(23)26-3/h5-10,12H,4,11H2,1-3H3/b10-6+. The molecule has 0 radical (unpaired) electrons. The maximum atomic E-state index is 12.4. The SMILES string of the molecule is CCCn1nc(C(=O)Oc2ccc(/C=C/C(=O)OC)cc2OC)ccc1=O. The number of nitrogens with zero attached hydrogens (tertiary/aromatic N) is 2. The molecule has 0 unspecified atom stereocenters. The van der Waals surface area contributed by atoms with Crippen LogP contribution in [0.4, 0.5) is 0 Å². The van der Waals surface area contributed by atoms with Crippen molar-refractivity contribution in [2.24, 2.45) is 0 Å². The van der Waals surface area contributed by atoms with Gasteiger partial charge in [-0.15, -0.1) is 0 Å². The third-order valence-corrected chi connectivity index (χ3v) is 3.51. The van der Waals surface area contributed by atoms with E-state index >= 15 is 0 Å². The minimum Gasteiger partial charge on any atom is -0.493 e. The van der Waals surface area contributed by atoms with Gasteiger partial charge in [-0.25, -0.2) is 14.3 Å². The summed E-state index contributed by atoms with van der Waals surface area (Å²) in [6, 6.07) is 7.38. The molecule has 0 aliphatic carbocycles. The highest BCUT2D eigenvalue weighted by molar-refractivity contribution is 5.89. The quantitative estimate of drug-likeness (QED) is 0.417. The van der Waals surface area contributed by atoms with Gasteiger partial charge in [0.1, 0.15) is 0 Å². The van der Waals surface area contributed by atoms with Crippen molar-refractivity contribution in [3.63, 3.8) is 0 Å². The van der Waals surface area contributed by atoms with Gasteiger partial charge < -0.3 is 14.2 Å². The minimum atomic E-state index is -0.712. The molecule has 0 aliphatic heterocycles. The molecule has 0 fully saturated rings. The van der Waals surface area contributed by atoms with E-state index in [1.165, 1.54) is 43.2 Å². The third-order valence-electron chi connectivity index (χ3n) is 3.51. The molecule has 0 amide bonds. The van der Waals surface area contributed by atoms with Crippen molar-refractivity contribution < 1.29 is 23.8 Å². The summed E-state index contributed by atoms with van der Waals surface area (Å²) in [5.74, 6) is -0.709. The van der Waals surface area contributed by atoms with Gasteiger partial charge in [-0.2, -0.15) is 5.10 Å². The van der Waals surface area contributed by atoms with Crippen LogP contribution in [0.5, 0.6) is 11.5 Å². The van der Waals surface area contributed by atoms with E-state index in [1.54, 1.807) is 18.2 Å². The molecule has 8 nitrogen and oxygen atoms in total. The molecule has 0 aliphatic rings. The number of aryl methyl sites for hydroxylation is 1. The van der Waals surface area contributed by atoms with Gasteiger partial charge in [0, 0.05) is 18.7 Å². The number of ether oxygens (including phenoxy) is 3. The Balaban J connectivity index is 2.22. The first kappa shape index (κ1) is 19.9. The molecule has 0 spiro atoms. The van der Waals surface area contributed by atoms with Crippen molar-refractivity contribution in [1.29, 1.82) is 0 Å². The second-order valence-corrected chi connectivity index (χ2v) is 5.44. The summed E-state index contributed by atoms with van der Waals surface area (Å²) in [5.41, 5.74) is 0.388. The summed E-state index contributed by atoms with van der Waals surface area (Å²) >= 11 is 0. The summed E-state index contributed by atoms with van der Waals surface area (Å²) in [5, 5.41) is 4.02. The van der Waals surface area contributed by atoms with Gasteiger partial charge in [0.15, 0.2) is 17.2 Å². The van der Waals surface area contributed by atoms with Gasteiger partial charge >= 0.3 is 11.9 Å². The van der Waals surface area contributed by atoms with Crippen LogP contribution in [0.2, 0.25) is 0 Å². The van der Waals surface area contributed by atoms with Gasteiger partial charge in [-0.1, -0.05) is 13.0 Å². The van der Waals surface area contributed by atoms with Gasteiger partial charge in [-0.3, -0.25) is 4.79 Å². The minimum absolute atomic E-state index is 0.0137. The Morgan fingerprint density at radius 2 is 1.93 bits per heavy atom. The summed E-state index contributed by atoms with van der Waals surface area (Å²) < 4.78 is 16.3. The molecule has 0 bridgehead atoms. The van der Waals surface area contributed by atoms with E-state index in [0.29, 0.717) is 24.3 Å². The van der Waals surface area contributed by atoms with Crippen LogP contribution >= 0.6 is 0 Å². The molecule has 8 heteroatoms. The fraction of sp³-hybridized carbons (Fsp3) is 0.263. The second-order valence-electron chi connectivity index (χ2n) is 5.44. The van der Waals surface area contributed by atoms with Crippen LogP contribution in [0.1, 0.15) is 29.4 Å². The molecular formula is C19H20N2O6. The maximum absolute atomic E-state index is 12.4. The Kier molecular flexibility index (Phi) is 6.87. The zero-order valence-corrected chi connectivity index (χ0v) is 15.3. The largest absolute Gasteiger partial charge is 0.493 e. The van der Waals surface area contributed by atoms with E-state index in [1.807, 2.05) is 6.92 Å². The Labute approximate surface area is 156 Å². The average molecular weight is 372 g/mol. The van der Waals surface area contributed by atoms with E-state index in [2.05, 4.69) is 9.84 Å². The van der Waals surface area contributed by atoms with Crippen LogP contribution in [0.25, 0.3) is 6.08 Å². The van der Waals surface area contributed by atoms with Gasteiger partial charge in [0.2, 0.25) is 0 Å². The number of hydrogen-bond acceptors (Lipinski definition) is 7. The van der Waals surface area contributed by atoms with E-state index < -0.39 is 11.9 Å². The molecule has 2 rings (SSSR count). The fourth-order valence-corrected chi connectivity index (χ4v) is 2.19. The summed E-state index contributed by atoms with van der Waals surface area (Å²) in [7, 11) is 2.72. The number of benzene rings is 1. The zero-order valence-electron chi connectivity index (χ0n) is 15.3. The molecular weight excluding hydrogens is 352 g/mol. The predicted molar refractivity (Wildman–Crippen MR) is 97.8 cm³/mol. The van der Waals surface area contributed by atoms with Gasteiger partial charge in [-0.05, 0) is 36.3 Å². The lowest BCUT2D eigenvalue weighted by atomic mass is 10.2. The van der Waals surface area contributed by atoms with E-state index in [-0.39, 0.29) is 17.0 Å². The number of carbonyl (C=O) groups is 2. The predicted octanol–water partition coefficient (Wildman–Crippen LogP) is 2.07. The van der Waals surface area contributed by atoms with Crippen LogP contribution in [-0.4, -0.2) is 35.9 Å². The number of esters is 2. The van der Waals surface area contributed by atoms with Crippen molar-refractivity contribution in [2.45, 2.75) is 19.9 Å². The normalized spacial score (nSPS) is 10.6. The molecule has 142 valence electrons.